The molecule has 7 heteroatoms. The van der Waals surface area contributed by atoms with Gasteiger partial charge >= 0.3 is 0 Å². The number of benzene rings is 1. The van der Waals surface area contributed by atoms with E-state index in [1.54, 1.807) is 6.07 Å². The number of rotatable bonds is 6. The highest BCUT2D eigenvalue weighted by Gasteiger charge is 2.22. The number of ether oxygens (including phenoxy) is 1. The molecule has 0 spiro atoms. The molecule has 0 saturated carbocycles. The van der Waals surface area contributed by atoms with Crippen molar-refractivity contribution in [1.82, 2.24) is 9.62 Å². The fourth-order valence-corrected chi connectivity index (χ4v) is 2.20. The van der Waals surface area contributed by atoms with Crippen LogP contribution in [0.5, 0.6) is 5.75 Å². The van der Waals surface area contributed by atoms with Crippen molar-refractivity contribution in [2.45, 2.75) is 24.3 Å². The highest BCUT2D eigenvalue weighted by molar-refractivity contribution is 7.89. The van der Waals surface area contributed by atoms with Crippen LogP contribution < -0.4 is 15.2 Å². The Morgan fingerprint density at radius 3 is 2.40 bits per heavy atom. The van der Waals surface area contributed by atoms with E-state index in [1.807, 2.05) is 14.1 Å². The Morgan fingerprint density at radius 1 is 1.35 bits per heavy atom. The van der Waals surface area contributed by atoms with Crippen LogP contribution in [-0.2, 0) is 10.0 Å². The van der Waals surface area contributed by atoms with Gasteiger partial charge in [0, 0.05) is 11.6 Å². The summed E-state index contributed by atoms with van der Waals surface area (Å²) in [6.07, 6.45) is 0. The molecule has 0 saturated heterocycles. The average Bonchev–Trinajstić information content (AvgIpc) is 2.36. The molecule has 0 aliphatic heterocycles. The molecule has 0 unspecified atom stereocenters. The van der Waals surface area contributed by atoms with Crippen molar-refractivity contribution in [3.63, 3.8) is 0 Å². The molecule has 20 heavy (non-hydrogen) atoms. The molecule has 0 bridgehead atoms. The summed E-state index contributed by atoms with van der Waals surface area (Å²) in [4.78, 5) is 2.11. The molecule has 0 atom stereocenters. The van der Waals surface area contributed by atoms with Crippen molar-refractivity contribution in [3.8, 4) is 5.75 Å². The second kappa shape index (κ2) is 5.99. The van der Waals surface area contributed by atoms with Crippen LogP contribution in [0.4, 0.5) is 5.69 Å². The third kappa shape index (κ3) is 3.84. The molecule has 0 aliphatic carbocycles. The van der Waals surface area contributed by atoms with Gasteiger partial charge in [-0.3, -0.25) is 0 Å². The maximum Gasteiger partial charge on any atom is 0.242 e. The number of sulfonamides is 1. The van der Waals surface area contributed by atoms with E-state index in [4.69, 9.17) is 10.5 Å². The number of nitrogens with zero attached hydrogens (tertiary/aromatic N) is 1. The summed E-state index contributed by atoms with van der Waals surface area (Å²) in [6.45, 7) is 4.57. The number of nitrogens with one attached hydrogen (secondary N) is 1. The van der Waals surface area contributed by atoms with Crippen LogP contribution in [0.15, 0.2) is 23.1 Å². The standard InChI is InChI=1S/C13H23N3O3S/c1-13(2,16(4)5)9-19-10-6-7-12(11(14)8-10)20(17,18)15-3/h6-8,15H,9,14H2,1-5H3. The van der Waals surface area contributed by atoms with E-state index in [9.17, 15) is 8.42 Å². The number of hydrogen-bond donors (Lipinski definition) is 2. The molecule has 3 N–H and O–H groups in total. The summed E-state index contributed by atoms with van der Waals surface area (Å²) in [7, 11) is 1.75. The highest BCUT2D eigenvalue weighted by atomic mass is 32.2. The molecule has 0 heterocycles. The number of hydrogen-bond acceptors (Lipinski definition) is 5. The Balaban J connectivity index is 2.90. The maximum absolute atomic E-state index is 11.7. The summed E-state index contributed by atoms with van der Waals surface area (Å²) >= 11 is 0. The minimum atomic E-state index is -3.54. The van der Waals surface area contributed by atoms with Crippen molar-refractivity contribution in [2.24, 2.45) is 0 Å². The summed E-state index contributed by atoms with van der Waals surface area (Å²) in [5.41, 5.74) is 5.80. The van der Waals surface area contributed by atoms with Crippen LogP contribution in [-0.4, -0.2) is 46.6 Å². The summed E-state index contributed by atoms with van der Waals surface area (Å²) in [5.74, 6) is 0.549. The van der Waals surface area contributed by atoms with E-state index < -0.39 is 10.0 Å². The van der Waals surface area contributed by atoms with Gasteiger partial charge in [0.2, 0.25) is 10.0 Å². The zero-order valence-corrected chi connectivity index (χ0v) is 13.4. The van der Waals surface area contributed by atoms with Crippen LogP contribution >= 0.6 is 0 Å². The van der Waals surface area contributed by atoms with Crippen molar-refractivity contribution in [1.29, 1.82) is 0 Å². The van der Waals surface area contributed by atoms with Gasteiger partial charge in [0.25, 0.3) is 0 Å². The quantitative estimate of drug-likeness (QED) is 0.763. The monoisotopic (exact) mass is 301 g/mol. The van der Waals surface area contributed by atoms with Gasteiger partial charge < -0.3 is 15.4 Å². The Labute approximate surface area is 121 Å². The Morgan fingerprint density at radius 2 is 1.95 bits per heavy atom. The first-order valence-corrected chi connectivity index (χ1v) is 7.72. The third-order valence-electron chi connectivity index (χ3n) is 3.34. The first-order chi connectivity index (χ1) is 9.10. The van der Waals surface area contributed by atoms with Crippen molar-refractivity contribution >= 4 is 15.7 Å². The molecular formula is C13H23N3O3S. The Kier molecular flexibility index (Phi) is 5.01. The van der Waals surface area contributed by atoms with Gasteiger partial charge in [0.05, 0.1) is 5.69 Å². The number of nitrogens with two attached hydrogens (primary N) is 1. The molecule has 0 amide bonds. The summed E-state index contributed by atoms with van der Waals surface area (Å²) in [6, 6.07) is 4.57. The van der Waals surface area contributed by atoms with Gasteiger partial charge in [0.15, 0.2) is 0 Å². The number of anilines is 1. The Bertz CT molecular complexity index is 568. The normalized spacial score (nSPS) is 12.7. The highest BCUT2D eigenvalue weighted by Crippen LogP contribution is 2.24. The van der Waals surface area contributed by atoms with E-state index in [2.05, 4.69) is 23.5 Å². The van der Waals surface area contributed by atoms with Crippen LogP contribution in [0.1, 0.15) is 13.8 Å². The minimum Gasteiger partial charge on any atom is -0.492 e. The predicted octanol–water partition coefficient (Wildman–Crippen LogP) is 0.896. The second-order valence-electron chi connectivity index (χ2n) is 5.40. The first kappa shape index (κ1) is 16.7. The topological polar surface area (TPSA) is 84.7 Å². The first-order valence-electron chi connectivity index (χ1n) is 6.23. The zero-order valence-electron chi connectivity index (χ0n) is 12.6. The molecule has 1 aromatic carbocycles. The molecule has 114 valence electrons. The number of nitrogen functional groups attached to an aromatic ring is 1. The van der Waals surface area contributed by atoms with E-state index >= 15 is 0 Å². The van der Waals surface area contributed by atoms with Crippen LogP contribution in [0.3, 0.4) is 0 Å². The fraction of sp³-hybridized carbons (Fsp3) is 0.538. The fourth-order valence-electron chi connectivity index (χ4n) is 1.36. The van der Waals surface area contributed by atoms with Crippen molar-refractivity contribution < 1.29 is 13.2 Å². The van der Waals surface area contributed by atoms with Crippen LogP contribution in [0, 0.1) is 0 Å². The molecule has 1 aromatic rings. The second-order valence-corrected chi connectivity index (χ2v) is 7.26. The lowest BCUT2D eigenvalue weighted by molar-refractivity contribution is 0.114. The van der Waals surface area contributed by atoms with Gasteiger partial charge in [-0.25, -0.2) is 13.1 Å². The molecule has 1 rings (SSSR count). The van der Waals surface area contributed by atoms with E-state index in [-0.39, 0.29) is 16.1 Å². The summed E-state index contributed by atoms with van der Waals surface area (Å²) in [5, 5.41) is 0. The van der Waals surface area contributed by atoms with Crippen molar-refractivity contribution in [3.05, 3.63) is 18.2 Å². The largest absolute Gasteiger partial charge is 0.492 e. The van der Waals surface area contributed by atoms with Gasteiger partial charge in [-0.1, -0.05) is 0 Å². The third-order valence-corrected chi connectivity index (χ3v) is 4.83. The Hall–Kier alpha value is -1.31. The molecule has 0 aliphatic rings. The average molecular weight is 301 g/mol. The van der Waals surface area contributed by atoms with E-state index in [1.165, 1.54) is 19.2 Å². The van der Waals surface area contributed by atoms with Crippen LogP contribution in [0.2, 0.25) is 0 Å². The molecule has 0 aromatic heterocycles. The van der Waals surface area contributed by atoms with Gasteiger partial charge in [0.1, 0.15) is 17.3 Å². The van der Waals surface area contributed by atoms with E-state index in [0.29, 0.717) is 12.4 Å². The predicted molar refractivity (Wildman–Crippen MR) is 80.4 cm³/mol. The maximum atomic E-state index is 11.7. The van der Waals surface area contributed by atoms with E-state index in [0.717, 1.165) is 0 Å². The number of likely N-dealkylation sites (N-methyl/N-ethyl adjacent to an activating group) is 1. The summed E-state index contributed by atoms with van der Waals surface area (Å²) < 4.78 is 31.3. The molecule has 6 nitrogen and oxygen atoms in total. The van der Waals surface area contributed by atoms with Crippen LogP contribution in [0.25, 0.3) is 0 Å². The molecular weight excluding hydrogens is 278 g/mol. The zero-order chi connectivity index (χ0) is 15.6. The lowest BCUT2D eigenvalue weighted by atomic mass is 10.1. The van der Waals surface area contributed by atoms with Crippen molar-refractivity contribution in [2.75, 3.05) is 33.5 Å². The lowest BCUT2D eigenvalue weighted by Gasteiger charge is -2.32. The molecule has 0 fully saturated rings. The minimum absolute atomic E-state index is 0.0548. The smallest absolute Gasteiger partial charge is 0.242 e. The molecule has 0 radical (unpaired) electrons. The van der Waals surface area contributed by atoms with Gasteiger partial charge in [-0.15, -0.1) is 0 Å². The SMILES string of the molecule is CNS(=O)(=O)c1ccc(OCC(C)(C)N(C)C)cc1N. The van der Waals surface area contributed by atoms with Gasteiger partial charge in [-0.05, 0) is 47.1 Å². The lowest BCUT2D eigenvalue weighted by Crippen LogP contribution is -2.43. The van der Waals surface area contributed by atoms with Gasteiger partial charge in [-0.2, -0.15) is 0 Å².